The molecule has 0 unspecified atom stereocenters. The van der Waals surface area contributed by atoms with Crippen LogP contribution in [0.1, 0.15) is 0 Å². The van der Waals surface area contributed by atoms with Gasteiger partial charge in [-0.15, -0.1) is 11.3 Å². The first kappa shape index (κ1) is 10.1. The van der Waals surface area contributed by atoms with E-state index in [1.807, 2.05) is 22.4 Å². The minimum absolute atomic E-state index is 0.809. The van der Waals surface area contributed by atoms with Gasteiger partial charge in [-0.3, -0.25) is 0 Å². The number of rotatable bonds is 2. The lowest BCUT2D eigenvalue weighted by Gasteiger charge is -2.01. The number of nitrogens with one attached hydrogen (secondary N) is 1. The molecule has 1 aromatic carbocycles. The van der Waals surface area contributed by atoms with E-state index in [-0.39, 0.29) is 0 Å². The van der Waals surface area contributed by atoms with Crippen molar-refractivity contribution in [2.45, 2.75) is 4.90 Å². The molecule has 0 aliphatic heterocycles. The Labute approximate surface area is 105 Å². The summed E-state index contributed by atoms with van der Waals surface area (Å²) in [7, 11) is 0. The zero-order valence-corrected chi connectivity index (χ0v) is 10.5. The molecule has 0 fully saturated rings. The smallest absolute Gasteiger partial charge is 0.159 e. The van der Waals surface area contributed by atoms with E-state index in [4.69, 9.17) is 12.2 Å². The van der Waals surface area contributed by atoms with Gasteiger partial charge in [-0.05, 0) is 30.4 Å². The van der Waals surface area contributed by atoms with E-state index < -0.39 is 0 Å². The molecule has 0 saturated carbocycles. The van der Waals surface area contributed by atoms with Crippen LogP contribution in [0, 0.1) is 3.95 Å². The molecule has 3 nitrogen and oxygen atoms in total. The number of nitrogens with zero attached hydrogens (tertiary/aromatic N) is 2. The Kier molecular flexibility index (Phi) is 2.55. The van der Waals surface area contributed by atoms with Gasteiger partial charge in [0.05, 0.1) is 15.1 Å². The summed E-state index contributed by atoms with van der Waals surface area (Å²) in [5.41, 5.74) is 1.10. The second-order valence-corrected chi connectivity index (χ2v) is 5.86. The van der Waals surface area contributed by atoms with Crippen molar-refractivity contribution in [2.75, 3.05) is 0 Å². The van der Waals surface area contributed by atoms with Crippen LogP contribution in [0.2, 0.25) is 0 Å². The molecule has 0 amide bonds. The standard InChI is InChI=1S/C10H7N3S3/c14-10-12-9-7(15-10)3-1-4-8(9)16-13-6-2-5-11-13/h1-6H,(H,12,14). The molecule has 1 N–H and O–H groups in total. The maximum absolute atomic E-state index is 5.15. The van der Waals surface area contributed by atoms with Crippen LogP contribution in [0.15, 0.2) is 41.6 Å². The maximum atomic E-state index is 5.15. The molecule has 0 aliphatic rings. The number of fused-ring (bicyclic) bond motifs is 1. The van der Waals surface area contributed by atoms with E-state index in [0.29, 0.717) is 0 Å². The highest BCUT2D eigenvalue weighted by Gasteiger charge is 2.05. The highest BCUT2D eigenvalue weighted by molar-refractivity contribution is 7.98. The zero-order valence-electron chi connectivity index (χ0n) is 8.08. The third kappa shape index (κ3) is 1.79. The van der Waals surface area contributed by atoms with Crippen LogP contribution in [0.25, 0.3) is 10.2 Å². The van der Waals surface area contributed by atoms with Crippen molar-refractivity contribution in [3.8, 4) is 0 Å². The number of thiazole rings is 1. The average Bonchev–Trinajstić information content (AvgIpc) is 2.86. The predicted octanol–water partition coefficient (Wildman–Crippen LogP) is 3.71. The van der Waals surface area contributed by atoms with E-state index >= 15 is 0 Å². The monoisotopic (exact) mass is 265 g/mol. The van der Waals surface area contributed by atoms with Crippen LogP contribution in [0.4, 0.5) is 0 Å². The first-order chi connectivity index (χ1) is 7.83. The van der Waals surface area contributed by atoms with Crippen LogP contribution >= 0.6 is 35.5 Å². The number of aromatic amines is 1. The number of benzene rings is 1. The Bertz CT molecular complexity index is 666. The molecular weight excluding hydrogens is 258 g/mol. The zero-order chi connectivity index (χ0) is 11.0. The molecule has 3 aromatic rings. The molecule has 0 saturated heterocycles. The van der Waals surface area contributed by atoms with Gasteiger partial charge in [0, 0.05) is 24.3 Å². The van der Waals surface area contributed by atoms with Gasteiger partial charge in [-0.25, -0.2) is 4.09 Å². The molecule has 6 heteroatoms. The molecule has 0 atom stereocenters. The van der Waals surface area contributed by atoms with Gasteiger partial charge < -0.3 is 4.98 Å². The van der Waals surface area contributed by atoms with E-state index in [0.717, 1.165) is 14.4 Å². The van der Waals surface area contributed by atoms with Crippen molar-refractivity contribution in [1.82, 2.24) is 14.2 Å². The summed E-state index contributed by atoms with van der Waals surface area (Å²) < 4.78 is 3.81. The van der Waals surface area contributed by atoms with Crippen LogP contribution in [-0.4, -0.2) is 14.2 Å². The average molecular weight is 265 g/mol. The summed E-state index contributed by atoms with van der Waals surface area (Å²) in [6.45, 7) is 0. The number of aromatic nitrogens is 3. The van der Waals surface area contributed by atoms with Gasteiger partial charge >= 0.3 is 0 Å². The quantitative estimate of drug-likeness (QED) is 0.717. The highest BCUT2D eigenvalue weighted by Crippen LogP contribution is 2.29. The van der Waals surface area contributed by atoms with Crippen molar-refractivity contribution in [3.63, 3.8) is 0 Å². The summed E-state index contributed by atoms with van der Waals surface area (Å²) in [4.78, 5) is 4.34. The van der Waals surface area contributed by atoms with Crippen molar-refractivity contribution in [2.24, 2.45) is 0 Å². The minimum atomic E-state index is 0.809. The third-order valence-corrected chi connectivity index (χ3v) is 4.23. The van der Waals surface area contributed by atoms with E-state index in [1.54, 1.807) is 29.5 Å². The third-order valence-electron chi connectivity index (χ3n) is 2.09. The van der Waals surface area contributed by atoms with E-state index in [9.17, 15) is 0 Å². The van der Waals surface area contributed by atoms with Crippen molar-refractivity contribution in [1.29, 1.82) is 0 Å². The van der Waals surface area contributed by atoms with E-state index in [1.165, 1.54) is 4.70 Å². The van der Waals surface area contributed by atoms with Crippen molar-refractivity contribution >= 4 is 45.7 Å². The largest absolute Gasteiger partial charge is 0.336 e. The van der Waals surface area contributed by atoms with Crippen LogP contribution < -0.4 is 0 Å². The minimum Gasteiger partial charge on any atom is -0.336 e. The number of hydrogen-bond donors (Lipinski definition) is 1. The van der Waals surface area contributed by atoms with Gasteiger partial charge in [-0.2, -0.15) is 5.10 Å². The lowest BCUT2D eigenvalue weighted by Crippen LogP contribution is -1.86. The normalized spacial score (nSPS) is 11.0. The molecule has 0 spiro atoms. The Morgan fingerprint density at radius 2 is 2.31 bits per heavy atom. The first-order valence-corrected chi connectivity index (χ1v) is 6.62. The molecular formula is C10H7N3S3. The van der Waals surface area contributed by atoms with Gasteiger partial charge in [0.25, 0.3) is 0 Å². The molecule has 2 aromatic heterocycles. The molecule has 2 heterocycles. The summed E-state index contributed by atoms with van der Waals surface area (Å²) in [5, 5.41) is 4.17. The number of para-hydroxylation sites is 1. The topological polar surface area (TPSA) is 33.6 Å². The maximum Gasteiger partial charge on any atom is 0.159 e. The summed E-state index contributed by atoms with van der Waals surface area (Å²) in [6, 6.07) is 8.07. The predicted molar refractivity (Wildman–Crippen MR) is 70.5 cm³/mol. The van der Waals surface area contributed by atoms with Crippen LogP contribution in [0.3, 0.4) is 0 Å². The first-order valence-electron chi connectivity index (χ1n) is 4.63. The fraction of sp³-hybridized carbons (Fsp3) is 0. The molecule has 80 valence electrons. The number of hydrogen-bond acceptors (Lipinski definition) is 4. The SMILES string of the molecule is S=c1[nH]c2c(Sn3cccn3)cccc2s1. The fourth-order valence-electron chi connectivity index (χ4n) is 1.43. The summed E-state index contributed by atoms with van der Waals surface area (Å²) in [6.07, 6.45) is 3.69. The number of H-pyrrole nitrogens is 1. The van der Waals surface area contributed by atoms with Gasteiger partial charge in [0.15, 0.2) is 3.95 Å². The molecule has 0 bridgehead atoms. The lowest BCUT2D eigenvalue weighted by atomic mass is 10.3. The summed E-state index contributed by atoms with van der Waals surface area (Å²) in [5.74, 6) is 0. The second kappa shape index (κ2) is 4.04. The Morgan fingerprint density at radius 3 is 3.12 bits per heavy atom. The van der Waals surface area contributed by atoms with Crippen molar-refractivity contribution in [3.05, 3.63) is 40.6 Å². The Morgan fingerprint density at radius 1 is 1.38 bits per heavy atom. The molecule has 0 radical (unpaired) electrons. The van der Waals surface area contributed by atoms with E-state index in [2.05, 4.69) is 22.2 Å². The lowest BCUT2D eigenvalue weighted by molar-refractivity contribution is 1.01. The molecule has 3 rings (SSSR count). The summed E-state index contributed by atoms with van der Waals surface area (Å²) >= 11 is 8.32. The Balaban J connectivity index is 2.12. The Hall–Kier alpha value is -1.11. The van der Waals surface area contributed by atoms with Crippen molar-refractivity contribution < 1.29 is 0 Å². The fourth-order valence-corrected chi connectivity index (χ4v) is 3.46. The van der Waals surface area contributed by atoms with Crippen LogP contribution in [-0.2, 0) is 0 Å². The van der Waals surface area contributed by atoms with Gasteiger partial charge in [0.2, 0.25) is 0 Å². The van der Waals surface area contributed by atoms with Crippen LogP contribution in [0.5, 0.6) is 0 Å². The van der Waals surface area contributed by atoms with Gasteiger partial charge in [-0.1, -0.05) is 6.07 Å². The molecule has 0 aliphatic carbocycles. The second-order valence-electron chi connectivity index (χ2n) is 3.14. The molecule has 16 heavy (non-hydrogen) atoms. The highest BCUT2D eigenvalue weighted by atomic mass is 32.2. The van der Waals surface area contributed by atoms with Gasteiger partial charge in [0.1, 0.15) is 0 Å².